The summed E-state index contributed by atoms with van der Waals surface area (Å²) in [5.41, 5.74) is 0.907. The van der Waals surface area contributed by atoms with Crippen molar-refractivity contribution in [2.45, 2.75) is 44.7 Å². The maximum atomic E-state index is 14.2. The van der Waals surface area contributed by atoms with Crippen LogP contribution >= 0.6 is 23.2 Å². The van der Waals surface area contributed by atoms with Crippen molar-refractivity contribution in [3.8, 4) is 11.5 Å². The van der Waals surface area contributed by atoms with Crippen LogP contribution in [-0.4, -0.2) is 58.5 Å². The number of carbonyl (C=O) groups is 2. The molecule has 43 heavy (non-hydrogen) atoms. The van der Waals surface area contributed by atoms with Crippen molar-refractivity contribution in [3.05, 3.63) is 82.3 Å². The average molecular weight is 651 g/mol. The minimum absolute atomic E-state index is 0.00234. The largest absolute Gasteiger partial charge is 0.493 e. The molecule has 12 heteroatoms. The van der Waals surface area contributed by atoms with Gasteiger partial charge < -0.3 is 19.7 Å². The summed E-state index contributed by atoms with van der Waals surface area (Å²) >= 11 is 12.4. The third-order valence-electron chi connectivity index (χ3n) is 6.67. The molecular weight excluding hydrogens is 613 g/mol. The minimum atomic E-state index is -4.29. The van der Waals surface area contributed by atoms with Crippen molar-refractivity contribution in [3.63, 3.8) is 0 Å². The smallest absolute Gasteiger partial charge is 0.264 e. The first-order chi connectivity index (χ1) is 20.4. The first-order valence-electron chi connectivity index (χ1n) is 13.7. The number of ether oxygens (including phenoxy) is 2. The number of nitrogens with one attached hydrogen (secondary N) is 1. The lowest BCUT2D eigenvalue weighted by atomic mass is 10.1. The number of hydrogen-bond acceptors (Lipinski definition) is 6. The van der Waals surface area contributed by atoms with E-state index in [0.717, 1.165) is 4.31 Å². The van der Waals surface area contributed by atoms with Crippen molar-refractivity contribution in [1.82, 2.24) is 10.2 Å². The summed E-state index contributed by atoms with van der Waals surface area (Å²) < 4.78 is 39.8. The Labute approximate surface area is 263 Å². The fraction of sp³-hybridized carbons (Fsp3) is 0.355. The third kappa shape index (κ3) is 8.55. The van der Waals surface area contributed by atoms with Crippen LogP contribution in [0.15, 0.2) is 71.6 Å². The number of carbonyl (C=O) groups excluding carboxylic acids is 2. The van der Waals surface area contributed by atoms with E-state index in [1.54, 1.807) is 55.5 Å². The van der Waals surface area contributed by atoms with Gasteiger partial charge in [0, 0.05) is 19.2 Å². The number of halogens is 2. The zero-order valence-electron chi connectivity index (χ0n) is 24.8. The predicted octanol–water partition coefficient (Wildman–Crippen LogP) is 5.79. The molecule has 3 rings (SSSR count). The lowest BCUT2D eigenvalue weighted by Gasteiger charge is -2.33. The number of methoxy groups -OCH3 is 2. The Balaban J connectivity index is 2.07. The summed E-state index contributed by atoms with van der Waals surface area (Å²) in [6, 6.07) is 16.6. The summed E-state index contributed by atoms with van der Waals surface area (Å²) in [6.45, 7) is 5.59. The Bertz CT molecular complexity index is 1520. The van der Waals surface area contributed by atoms with Crippen LogP contribution in [-0.2, 0) is 26.2 Å². The van der Waals surface area contributed by atoms with Gasteiger partial charge in [-0.1, -0.05) is 68.2 Å². The van der Waals surface area contributed by atoms with E-state index >= 15 is 0 Å². The molecular formula is C31H37Cl2N3O6S. The van der Waals surface area contributed by atoms with Gasteiger partial charge in [0.15, 0.2) is 11.5 Å². The highest BCUT2D eigenvalue weighted by Crippen LogP contribution is 2.32. The van der Waals surface area contributed by atoms with Crippen molar-refractivity contribution in [2.24, 2.45) is 5.92 Å². The van der Waals surface area contributed by atoms with Crippen LogP contribution in [0.2, 0.25) is 10.0 Å². The highest BCUT2D eigenvalue weighted by atomic mass is 35.5. The summed E-state index contributed by atoms with van der Waals surface area (Å²) in [4.78, 5) is 28.8. The minimum Gasteiger partial charge on any atom is -0.493 e. The molecule has 0 saturated carbocycles. The van der Waals surface area contributed by atoms with Crippen LogP contribution in [0.5, 0.6) is 11.5 Å². The molecule has 9 nitrogen and oxygen atoms in total. The Morgan fingerprint density at radius 2 is 1.58 bits per heavy atom. The second-order valence-corrected chi connectivity index (χ2v) is 12.9. The van der Waals surface area contributed by atoms with Crippen LogP contribution in [0.25, 0.3) is 0 Å². The third-order valence-corrected chi connectivity index (χ3v) is 9.18. The fourth-order valence-electron chi connectivity index (χ4n) is 4.40. The van der Waals surface area contributed by atoms with Gasteiger partial charge in [-0.25, -0.2) is 8.42 Å². The Hall–Kier alpha value is -3.47. The van der Waals surface area contributed by atoms with E-state index < -0.39 is 28.5 Å². The molecule has 1 atom stereocenters. The second kappa shape index (κ2) is 15.3. The highest BCUT2D eigenvalue weighted by molar-refractivity contribution is 7.92. The van der Waals surface area contributed by atoms with E-state index in [1.165, 1.54) is 37.3 Å². The van der Waals surface area contributed by atoms with Gasteiger partial charge in [0.25, 0.3) is 10.0 Å². The normalized spacial score (nSPS) is 12.0. The number of benzene rings is 3. The van der Waals surface area contributed by atoms with Gasteiger partial charge in [-0.2, -0.15) is 0 Å². The van der Waals surface area contributed by atoms with Crippen molar-refractivity contribution in [2.75, 3.05) is 31.6 Å². The molecule has 0 spiro atoms. The van der Waals surface area contributed by atoms with E-state index in [-0.39, 0.29) is 34.7 Å². The van der Waals surface area contributed by atoms with E-state index in [1.807, 2.05) is 13.8 Å². The molecule has 2 amide bonds. The molecule has 0 aliphatic carbocycles. The van der Waals surface area contributed by atoms with Gasteiger partial charge in [0.05, 0.1) is 34.8 Å². The molecule has 0 unspecified atom stereocenters. The molecule has 0 aliphatic rings. The van der Waals surface area contributed by atoms with Gasteiger partial charge in [0.1, 0.15) is 12.6 Å². The SMILES string of the molecule is CC[C@H](C(=O)NCC(C)C)N(Cc1ccc(Cl)c(Cl)c1)C(=O)CN(c1ccccc1)S(=O)(=O)c1ccc(OC)c(OC)c1. The predicted molar refractivity (Wildman–Crippen MR) is 169 cm³/mol. The number of hydrogen-bond donors (Lipinski definition) is 1. The average Bonchev–Trinajstić information content (AvgIpc) is 3.00. The zero-order chi connectivity index (χ0) is 31.7. The molecule has 232 valence electrons. The molecule has 3 aromatic carbocycles. The molecule has 0 aromatic heterocycles. The Morgan fingerprint density at radius 1 is 0.907 bits per heavy atom. The Morgan fingerprint density at radius 3 is 2.16 bits per heavy atom. The molecule has 1 N–H and O–H groups in total. The molecule has 0 radical (unpaired) electrons. The first-order valence-corrected chi connectivity index (χ1v) is 15.9. The van der Waals surface area contributed by atoms with Gasteiger partial charge in [0.2, 0.25) is 11.8 Å². The van der Waals surface area contributed by atoms with E-state index in [0.29, 0.717) is 34.3 Å². The van der Waals surface area contributed by atoms with E-state index in [2.05, 4.69) is 5.32 Å². The van der Waals surface area contributed by atoms with Gasteiger partial charge in [-0.15, -0.1) is 0 Å². The van der Waals surface area contributed by atoms with Crippen LogP contribution in [0.3, 0.4) is 0 Å². The standard InChI is InChI=1S/C31H37Cl2N3O6S/c1-6-27(31(38)34-18-21(2)3)35(19-22-12-14-25(32)26(33)16-22)30(37)20-36(23-10-8-7-9-11-23)43(39,40)24-13-15-28(41-4)29(17-24)42-5/h7-17,21,27H,6,18-20H2,1-5H3,(H,34,38)/t27-/m1/s1. The zero-order valence-corrected chi connectivity index (χ0v) is 27.2. The van der Waals surface area contributed by atoms with E-state index in [4.69, 9.17) is 32.7 Å². The second-order valence-electron chi connectivity index (χ2n) is 10.2. The molecule has 0 fully saturated rings. The van der Waals surface area contributed by atoms with Crippen LogP contribution in [0.4, 0.5) is 5.69 Å². The van der Waals surface area contributed by atoms with Crippen LogP contribution in [0.1, 0.15) is 32.8 Å². The van der Waals surface area contributed by atoms with E-state index in [9.17, 15) is 18.0 Å². The maximum absolute atomic E-state index is 14.2. The lowest BCUT2D eigenvalue weighted by Crippen LogP contribution is -2.52. The summed E-state index contributed by atoms with van der Waals surface area (Å²) in [6.07, 6.45) is 0.296. The topological polar surface area (TPSA) is 105 Å². The molecule has 0 aliphatic heterocycles. The molecule has 3 aromatic rings. The number of rotatable bonds is 14. The van der Waals surface area contributed by atoms with Crippen LogP contribution < -0.4 is 19.1 Å². The molecule has 0 saturated heterocycles. The molecule has 0 bridgehead atoms. The van der Waals surface area contributed by atoms with Crippen LogP contribution in [0, 0.1) is 5.92 Å². The fourth-order valence-corrected chi connectivity index (χ4v) is 6.15. The summed E-state index contributed by atoms with van der Waals surface area (Å²) in [7, 11) is -1.43. The van der Waals surface area contributed by atoms with Gasteiger partial charge in [-0.05, 0) is 54.3 Å². The lowest BCUT2D eigenvalue weighted by molar-refractivity contribution is -0.140. The monoisotopic (exact) mass is 649 g/mol. The van der Waals surface area contributed by atoms with Gasteiger partial charge >= 0.3 is 0 Å². The van der Waals surface area contributed by atoms with Crippen molar-refractivity contribution in [1.29, 1.82) is 0 Å². The first kappa shape index (κ1) is 34.0. The summed E-state index contributed by atoms with van der Waals surface area (Å²) in [5, 5.41) is 3.55. The molecule has 0 heterocycles. The summed E-state index contributed by atoms with van der Waals surface area (Å²) in [5.74, 6) is -0.142. The number of amides is 2. The highest BCUT2D eigenvalue weighted by Gasteiger charge is 2.34. The Kier molecular flexibility index (Phi) is 12.1. The number of sulfonamides is 1. The maximum Gasteiger partial charge on any atom is 0.264 e. The van der Waals surface area contributed by atoms with Gasteiger partial charge in [-0.3, -0.25) is 13.9 Å². The van der Waals surface area contributed by atoms with Crippen molar-refractivity contribution >= 4 is 50.7 Å². The number of anilines is 1. The number of nitrogens with zero attached hydrogens (tertiary/aromatic N) is 2. The quantitative estimate of drug-likeness (QED) is 0.237. The number of para-hydroxylation sites is 1. The van der Waals surface area contributed by atoms with Crippen molar-refractivity contribution < 1.29 is 27.5 Å².